The number of nitrogens with one attached hydrogen (secondary N) is 1. The minimum Gasteiger partial charge on any atom is -0.367 e. The molecule has 21 heavy (non-hydrogen) atoms. The average molecular weight is 312 g/mol. The lowest BCUT2D eigenvalue weighted by Gasteiger charge is -2.29. The molecule has 1 aliphatic heterocycles. The third-order valence-electron chi connectivity index (χ3n) is 3.25. The van der Waals surface area contributed by atoms with Crippen LogP contribution in [0.5, 0.6) is 0 Å². The second-order valence-corrected chi connectivity index (χ2v) is 6.79. The number of ether oxygens (including phenoxy) is 1. The molecule has 120 valence electrons. The van der Waals surface area contributed by atoms with E-state index in [1.54, 1.807) is 0 Å². The lowest BCUT2D eigenvalue weighted by molar-refractivity contribution is -0.126. The highest BCUT2D eigenvalue weighted by Gasteiger charge is 2.24. The van der Waals surface area contributed by atoms with Crippen molar-refractivity contribution < 1.29 is 9.53 Å². The molecule has 0 aromatic rings. The first kappa shape index (κ1) is 18.3. The Morgan fingerprint density at radius 2 is 2.14 bits per heavy atom. The van der Waals surface area contributed by atoms with Gasteiger partial charge in [0.15, 0.2) is 0 Å². The summed E-state index contributed by atoms with van der Waals surface area (Å²) in [4.78, 5) is 12.0. The zero-order valence-electron chi connectivity index (χ0n) is 13.5. The monoisotopic (exact) mass is 312 g/mol. The molecule has 1 rings (SSSR count). The van der Waals surface area contributed by atoms with Gasteiger partial charge in [-0.3, -0.25) is 9.10 Å². The molecule has 0 saturated carbocycles. The van der Waals surface area contributed by atoms with Crippen LogP contribution in [-0.2, 0) is 9.53 Å². The van der Waals surface area contributed by atoms with E-state index in [-0.39, 0.29) is 11.8 Å². The average Bonchev–Trinajstić information content (AvgIpc) is 2.47. The Morgan fingerprint density at radius 1 is 1.43 bits per heavy atom. The van der Waals surface area contributed by atoms with Gasteiger partial charge in [0.05, 0.1) is 6.61 Å². The van der Waals surface area contributed by atoms with Crippen molar-refractivity contribution in [2.75, 3.05) is 38.6 Å². The van der Waals surface area contributed by atoms with Gasteiger partial charge in [-0.15, -0.1) is 0 Å². The Hall–Kier alpha value is -0.700. The van der Waals surface area contributed by atoms with Crippen LogP contribution in [0.25, 0.3) is 0 Å². The third-order valence-corrected chi connectivity index (χ3v) is 4.24. The lowest BCUT2D eigenvalue weighted by atomic mass is 9.97. The van der Waals surface area contributed by atoms with E-state index < -0.39 is 0 Å². The Labute approximate surface area is 133 Å². The molecule has 0 radical (unpaired) electrons. The Morgan fingerprint density at radius 3 is 2.76 bits per heavy atom. The maximum atomic E-state index is 12.0. The largest absolute Gasteiger partial charge is 0.367 e. The summed E-state index contributed by atoms with van der Waals surface area (Å²) in [6.07, 6.45) is 1.92. The van der Waals surface area contributed by atoms with Gasteiger partial charge >= 0.3 is 0 Å². The minimum absolute atomic E-state index is 0.166. The summed E-state index contributed by atoms with van der Waals surface area (Å²) in [6, 6.07) is 0. The van der Waals surface area contributed by atoms with Gasteiger partial charge in [0.2, 0.25) is 5.91 Å². The van der Waals surface area contributed by atoms with Crippen LogP contribution in [0.4, 0.5) is 0 Å². The molecule has 0 bridgehead atoms. The van der Waals surface area contributed by atoms with E-state index in [4.69, 9.17) is 4.74 Å². The van der Waals surface area contributed by atoms with E-state index in [0.717, 1.165) is 31.7 Å². The van der Waals surface area contributed by atoms with Crippen molar-refractivity contribution in [2.45, 2.75) is 33.6 Å². The number of hydrogen-bond donors (Lipinski definition) is 1. The second-order valence-electron chi connectivity index (χ2n) is 5.44. The number of piperidine rings is 1. The number of carbonyl (C=O) groups is 1. The highest BCUT2D eigenvalue weighted by Crippen LogP contribution is 2.22. The van der Waals surface area contributed by atoms with Gasteiger partial charge in [0, 0.05) is 37.2 Å². The first-order chi connectivity index (χ1) is 10.1. The van der Waals surface area contributed by atoms with Crippen molar-refractivity contribution in [3.05, 3.63) is 0 Å². The van der Waals surface area contributed by atoms with E-state index in [1.165, 1.54) is 0 Å². The van der Waals surface area contributed by atoms with Gasteiger partial charge in [-0.25, -0.2) is 0 Å². The summed E-state index contributed by atoms with van der Waals surface area (Å²) >= 11 is 1.87. The van der Waals surface area contributed by atoms with Gasteiger partial charge in [-0.1, -0.05) is 44.6 Å². The summed E-state index contributed by atoms with van der Waals surface area (Å²) in [6.45, 7) is 9.84. The smallest absolute Gasteiger partial charge is 0.223 e. The molecular weight excluding hydrogens is 284 g/mol. The van der Waals surface area contributed by atoms with Crippen LogP contribution in [0.1, 0.15) is 33.6 Å². The predicted molar refractivity (Wildman–Crippen MR) is 88.9 cm³/mol. The van der Waals surface area contributed by atoms with Crippen molar-refractivity contribution in [1.29, 1.82) is 0 Å². The van der Waals surface area contributed by atoms with Gasteiger partial charge in [0.1, 0.15) is 6.61 Å². The summed E-state index contributed by atoms with van der Waals surface area (Å²) < 4.78 is 7.73. The topological polar surface area (TPSA) is 41.6 Å². The molecule has 1 amide bonds. The molecule has 1 fully saturated rings. The molecule has 5 heteroatoms. The number of nitrogens with zero attached hydrogens (tertiary/aromatic N) is 1. The van der Waals surface area contributed by atoms with Crippen molar-refractivity contribution in [3.8, 4) is 11.8 Å². The molecule has 1 aliphatic rings. The fraction of sp³-hybridized carbons (Fsp3) is 0.812. The van der Waals surface area contributed by atoms with E-state index in [0.29, 0.717) is 25.7 Å². The van der Waals surface area contributed by atoms with E-state index in [1.807, 2.05) is 11.9 Å². The maximum absolute atomic E-state index is 12.0. The van der Waals surface area contributed by atoms with Gasteiger partial charge < -0.3 is 10.1 Å². The summed E-state index contributed by atoms with van der Waals surface area (Å²) in [5, 5.41) is 2.96. The number of rotatable bonds is 7. The Bertz CT molecular complexity index is 355. The van der Waals surface area contributed by atoms with Crippen LogP contribution in [-0.4, -0.2) is 48.8 Å². The fourth-order valence-corrected chi connectivity index (χ4v) is 3.02. The van der Waals surface area contributed by atoms with Crippen molar-refractivity contribution >= 4 is 17.9 Å². The van der Waals surface area contributed by atoms with Crippen LogP contribution >= 0.6 is 11.9 Å². The predicted octanol–water partition coefficient (Wildman–Crippen LogP) is 2.16. The summed E-state index contributed by atoms with van der Waals surface area (Å²) in [7, 11) is 0. The van der Waals surface area contributed by atoms with Crippen LogP contribution < -0.4 is 5.32 Å². The SMILES string of the molecule is CCSN1CCC(C(=O)NCCOCC#CC(C)C)CC1. The number of amides is 1. The number of carbonyl (C=O) groups excluding carboxylic acids is 1. The molecule has 0 aromatic heterocycles. The summed E-state index contributed by atoms with van der Waals surface area (Å²) in [5.41, 5.74) is 0. The minimum atomic E-state index is 0.166. The maximum Gasteiger partial charge on any atom is 0.223 e. The van der Waals surface area contributed by atoms with Crippen LogP contribution in [0.15, 0.2) is 0 Å². The van der Waals surface area contributed by atoms with E-state index >= 15 is 0 Å². The highest BCUT2D eigenvalue weighted by atomic mass is 32.2. The molecule has 0 aromatic carbocycles. The summed E-state index contributed by atoms with van der Waals surface area (Å²) in [5.74, 6) is 7.83. The highest BCUT2D eigenvalue weighted by molar-refractivity contribution is 7.96. The molecule has 0 aliphatic carbocycles. The third kappa shape index (κ3) is 8.35. The van der Waals surface area contributed by atoms with Crippen molar-refractivity contribution in [1.82, 2.24) is 9.62 Å². The second kappa shape index (κ2) is 10.9. The Balaban J connectivity index is 2.06. The molecule has 0 unspecified atom stereocenters. The molecule has 0 atom stereocenters. The standard InChI is InChI=1S/C16H28N2O2S/c1-4-21-18-10-7-15(8-11-18)16(19)17-9-13-20-12-5-6-14(2)3/h14-15H,4,7-13H2,1-3H3,(H,17,19). The van der Waals surface area contributed by atoms with Gasteiger partial charge in [-0.05, 0) is 12.8 Å². The fourth-order valence-electron chi connectivity index (χ4n) is 2.19. The molecule has 0 spiro atoms. The first-order valence-corrected chi connectivity index (χ1v) is 8.79. The molecule has 1 heterocycles. The van der Waals surface area contributed by atoms with Crippen molar-refractivity contribution in [3.63, 3.8) is 0 Å². The zero-order chi connectivity index (χ0) is 15.5. The number of hydrogen-bond acceptors (Lipinski definition) is 4. The van der Waals surface area contributed by atoms with E-state index in [9.17, 15) is 4.79 Å². The first-order valence-electron chi connectivity index (χ1n) is 7.85. The Kier molecular flexibility index (Phi) is 9.56. The lowest BCUT2D eigenvalue weighted by Crippen LogP contribution is -2.39. The van der Waals surface area contributed by atoms with Gasteiger partial charge in [-0.2, -0.15) is 0 Å². The molecule has 1 saturated heterocycles. The normalized spacial score (nSPS) is 16.6. The van der Waals surface area contributed by atoms with E-state index in [2.05, 4.69) is 42.2 Å². The quantitative estimate of drug-likeness (QED) is 0.444. The van der Waals surface area contributed by atoms with Crippen LogP contribution in [0.2, 0.25) is 0 Å². The van der Waals surface area contributed by atoms with Gasteiger partial charge in [0.25, 0.3) is 0 Å². The van der Waals surface area contributed by atoms with Crippen LogP contribution in [0, 0.1) is 23.7 Å². The zero-order valence-corrected chi connectivity index (χ0v) is 14.3. The molecule has 1 N–H and O–H groups in total. The van der Waals surface area contributed by atoms with Crippen LogP contribution in [0.3, 0.4) is 0 Å². The van der Waals surface area contributed by atoms with Crippen molar-refractivity contribution in [2.24, 2.45) is 11.8 Å². The molecular formula is C16H28N2O2S. The molecule has 4 nitrogen and oxygen atoms in total.